The highest BCUT2D eigenvalue weighted by Crippen LogP contribution is 2.28. The number of ether oxygens (including phenoxy) is 1. The summed E-state index contributed by atoms with van der Waals surface area (Å²) in [6.07, 6.45) is 2.94. The van der Waals surface area contributed by atoms with Crippen LogP contribution in [-0.4, -0.2) is 9.97 Å². The predicted molar refractivity (Wildman–Crippen MR) is 67.5 cm³/mol. The van der Waals surface area contributed by atoms with Crippen molar-refractivity contribution in [1.82, 2.24) is 9.97 Å². The van der Waals surface area contributed by atoms with E-state index in [2.05, 4.69) is 9.97 Å². The lowest BCUT2D eigenvalue weighted by atomic mass is 10.2. The summed E-state index contributed by atoms with van der Waals surface area (Å²) in [5.74, 6) is 0.411. The number of aromatic nitrogens is 2. The van der Waals surface area contributed by atoms with Gasteiger partial charge in [0.2, 0.25) is 5.88 Å². The third kappa shape index (κ3) is 2.96. The lowest BCUT2D eigenvalue weighted by Gasteiger charge is -2.10. The van der Waals surface area contributed by atoms with E-state index in [0.717, 1.165) is 12.0 Å². The van der Waals surface area contributed by atoms with Crippen LogP contribution in [0, 0.1) is 5.82 Å². The molecule has 0 aliphatic carbocycles. The third-order valence-corrected chi connectivity index (χ3v) is 2.69. The predicted octanol–water partition coefficient (Wildman–Crippen LogP) is 4.01. The van der Waals surface area contributed by atoms with Crippen LogP contribution in [0.5, 0.6) is 11.6 Å². The van der Waals surface area contributed by atoms with Crippen molar-refractivity contribution in [3.63, 3.8) is 0 Å². The van der Waals surface area contributed by atoms with Crippen LogP contribution >= 0.6 is 11.6 Å². The lowest BCUT2D eigenvalue weighted by Crippen LogP contribution is -1.98. The van der Waals surface area contributed by atoms with Gasteiger partial charge in [-0.2, -0.15) is 0 Å². The van der Waals surface area contributed by atoms with Gasteiger partial charge in [0.25, 0.3) is 0 Å². The van der Waals surface area contributed by atoms with E-state index in [9.17, 15) is 4.39 Å². The summed E-state index contributed by atoms with van der Waals surface area (Å²) in [5.41, 5.74) is 0.742. The molecule has 2 aromatic rings. The Morgan fingerprint density at radius 1 is 1.33 bits per heavy atom. The van der Waals surface area contributed by atoms with Gasteiger partial charge < -0.3 is 4.74 Å². The third-order valence-electron chi connectivity index (χ3n) is 2.36. The van der Waals surface area contributed by atoms with E-state index in [1.165, 1.54) is 18.5 Å². The molecule has 2 rings (SSSR count). The number of benzene rings is 1. The molecule has 5 heteroatoms. The van der Waals surface area contributed by atoms with Crippen LogP contribution in [0.15, 0.2) is 30.6 Å². The molecule has 0 atom stereocenters. The molecule has 0 saturated carbocycles. The van der Waals surface area contributed by atoms with E-state index < -0.39 is 0 Å². The molecular formula is C13H12ClFN2O. The summed E-state index contributed by atoms with van der Waals surface area (Å²) >= 11 is 6.00. The van der Waals surface area contributed by atoms with Crippen LogP contribution in [0.1, 0.15) is 18.9 Å². The molecule has 0 aliphatic rings. The maximum atomic E-state index is 13.1. The first kappa shape index (κ1) is 12.8. The number of hydrogen-bond donors (Lipinski definition) is 0. The summed E-state index contributed by atoms with van der Waals surface area (Å²) in [6.45, 7) is 2.02. The average Bonchev–Trinajstić information content (AvgIpc) is 2.34. The van der Waals surface area contributed by atoms with Gasteiger partial charge in [-0.3, -0.25) is 0 Å². The minimum absolute atomic E-state index is 0.357. The Labute approximate surface area is 110 Å². The van der Waals surface area contributed by atoms with Crippen LogP contribution in [0.25, 0.3) is 0 Å². The van der Waals surface area contributed by atoms with Gasteiger partial charge >= 0.3 is 0 Å². The quantitative estimate of drug-likeness (QED) is 0.784. The fourth-order valence-electron chi connectivity index (χ4n) is 1.57. The van der Waals surface area contributed by atoms with Crippen LogP contribution in [0.4, 0.5) is 4.39 Å². The van der Waals surface area contributed by atoms with Crippen molar-refractivity contribution in [2.75, 3.05) is 0 Å². The second-order valence-corrected chi connectivity index (χ2v) is 4.12. The molecule has 0 radical (unpaired) electrons. The van der Waals surface area contributed by atoms with Gasteiger partial charge in [-0.05, 0) is 18.6 Å². The Morgan fingerprint density at radius 3 is 2.89 bits per heavy atom. The minimum atomic E-state index is -0.357. The molecular weight excluding hydrogens is 255 g/mol. The van der Waals surface area contributed by atoms with Gasteiger partial charge in [0.05, 0.1) is 5.56 Å². The highest BCUT2D eigenvalue weighted by Gasteiger charge is 2.11. The van der Waals surface area contributed by atoms with Crippen molar-refractivity contribution in [2.24, 2.45) is 0 Å². The fourth-order valence-corrected chi connectivity index (χ4v) is 1.79. The van der Waals surface area contributed by atoms with Crippen molar-refractivity contribution < 1.29 is 9.13 Å². The normalized spacial score (nSPS) is 10.4. The molecule has 0 saturated heterocycles. The lowest BCUT2D eigenvalue weighted by molar-refractivity contribution is 0.449. The summed E-state index contributed by atoms with van der Waals surface area (Å²) in [7, 11) is 0. The van der Waals surface area contributed by atoms with Gasteiger partial charge in [-0.1, -0.05) is 31.0 Å². The van der Waals surface area contributed by atoms with Gasteiger partial charge in [-0.15, -0.1) is 0 Å². The van der Waals surface area contributed by atoms with Crippen LogP contribution in [0.2, 0.25) is 5.15 Å². The zero-order valence-corrected chi connectivity index (χ0v) is 10.6. The smallest absolute Gasteiger partial charge is 0.227 e. The standard InChI is InChI=1S/C13H12ClFN2O/c1-2-4-11-12(14)16-8-17-13(11)18-10-6-3-5-9(15)7-10/h3,5-8H,2,4H2,1H3. The molecule has 0 aliphatic heterocycles. The van der Waals surface area contributed by atoms with Crippen molar-refractivity contribution in [1.29, 1.82) is 0 Å². The molecule has 3 nitrogen and oxygen atoms in total. The first-order valence-corrected chi connectivity index (χ1v) is 6.01. The molecule has 0 spiro atoms. The summed E-state index contributed by atoms with van der Waals surface area (Å²) in [5, 5.41) is 0.373. The average molecular weight is 267 g/mol. The monoisotopic (exact) mass is 266 g/mol. The molecule has 0 N–H and O–H groups in total. The van der Waals surface area contributed by atoms with E-state index in [0.29, 0.717) is 23.2 Å². The van der Waals surface area contributed by atoms with Gasteiger partial charge in [0.15, 0.2) is 0 Å². The Bertz CT molecular complexity index is 548. The Kier molecular flexibility index (Phi) is 4.10. The van der Waals surface area contributed by atoms with Gasteiger partial charge in [-0.25, -0.2) is 14.4 Å². The second-order valence-electron chi connectivity index (χ2n) is 3.76. The number of hydrogen-bond acceptors (Lipinski definition) is 3. The zero-order valence-electron chi connectivity index (χ0n) is 9.86. The highest BCUT2D eigenvalue weighted by molar-refractivity contribution is 6.30. The zero-order chi connectivity index (χ0) is 13.0. The largest absolute Gasteiger partial charge is 0.438 e. The highest BCUT2D eigenvalue weighted by atomic mass is 35.5. The van der Waals surface area contributed by atoms with E-state index in [1.54, 1.807) is 12.1 Å². The SMILES string of the molecule is CCCc1c(Cl)ncnc1Oc1cccc(F)c1. The maximum Gasteiger partial charge on any atom is 0.227 e. The van der Waals surface area contributed by atoms with E-state index in [1.807, 2.05) is 6.92 Å². The second kappa shape index (κ2) is 5.78. The van der Waals surface area contributed by atoms with Crippen molar-refractivity contribution in [3.05, 3.63) is 47.1 Å². The van der Waals surface area contributed by atoms with Crippen LogP contribution in [0.3, 0.4) is 0 Å². The minimum Gasteiger partial charge on any atom is -0.438 e. The molecule has 1 heterocycles. The Morgan fingerprint density at radius 2 is 2.17 bits per heavy atom. The number of halogens is 2. The molecule has 0 amide bonds. The molecule has 94 valence electrons. The molecule has 18 heavy (non-hydrogen) atoms. The van der Waals surface area contributed by atoms with Crippen molar-refractivity contribution >= 4 is 11.6 Å². The molecule has 1 aromatic heterocycles. The van der Waals surface area contributed by atoms with E-state index in [-0.39, 0.29) is 5.82 Å². The fraction of sp³-hybridized carbons (Fsp3) is 0.231. The maximum absolute atomic E-state index is 13.1. The number of nitrogens with zero attached hydrogens (tertiary/aromatic N) is 2. The molecule has 0 unspecified atom stereocenters. The molecule has 1 aromatic carbocycles. The molecule has 0 fully saturated rings. The number of rotatable bonds is 4. The first-order valence-electron chi connectivity index (χ1n) is 5.63. The topological polar surface area (TPSA) is 35.0 Å². The molecule has 0 bridgehead atoms. The van der Waals surface area contributed by atoms with Crippen LogP contribution in [-0.2, 0) is 6.42 Å². The van der Waals surface area contributed by atoms with Gasteiger partial charge in [0, 0.05) is 6.07 Å². The van der Waals surface area contributed by atoms with Crippen molar-refractivity contribution in [3.8, 4) is 11.6 Å². The summed E-state index contributed by atoms with van der Waals surface area (Å²) in [4.78, 5) is 7.96. The summed E-state index contributed by atoms with van der Waals surface area (Å²) < 4.78 is 18.6. The van der Waals surface area contributed by atoms with Crippen molar-refractivity contribution in [2.45, 2.75) is 19.8 Å². The Balaban J connectivity index is 2.31. The Hall–Kier alpha value is -1.68. The summed E-state index contributed by atoms with van der Waals surface area (Å²) in [6, 6.07) is 5.89. The van der Waals surface area contributed by atoms with Gasteiger partial charge in [0.1, 0.15) is 23.0 Å². The van der Waals surface area contributed by atoms with E-state index >= 15 is 0 Å². The van der Waals surface area contributed by atoms with Crippen LogP contribution < -0.4 is 4.74 Å². The van der Waals surface area contributed by atoms with E-state index in [4.69, 9.17) is 16.3 Å². The first-order chi connectivity index (χ1) is 8.70.